The molecule has 0 amide bonds. The summed E-state index contributed by atoms with van der Waals surface area (Å²) in [4.78, 5) is 65.4. The van der Waals surface area contributed by atoms with Crippen LogP contribution in [0, 0.1) is 5.41 Å². The number of ether oxygens (including phenoxy) is 5. The van der Waals surface area contributed by atoms with Crippen molar-refractivity contribution in [1.82, 2.24) is 0 Å². The fourth-order valence-electron chi connectivity index (χ4n) is 6.00. The zero-order chi connectivity index (χ0) is 41.0. The van der Waals surface area contributed by atoms with Crippen molar-refractivity contribution in [2.24, 2.45) is 5.41 Å². The minimum Gasteiger partial charge on any atom is -0.462 e. The molecule has 0 spiro atoms. The van der Waals surface area contributed by atoms with E-state index in [9.17, 15) is 24.0 Å². The van der Waals surface area contributed by atoms with E-state index in [-0.39, 0.29) is 67.3 Å². The third-order valence-electron chi connectivity index (χ3n) is 9.82. The maximum Gasteiger partial charge on any atom is 0.339 e. The third kappa shape index (κ3) is 18.0. The second kappa shape index (κ2) is 28.0. The number of rotatable bonds is 30. The van der Waals surface area contributed by atoms with E-state index in [0.29, 0.717) is 0 Å². The summed E-state index contributed by atoms with van der Waals surface area (Å²) >= 11 is 0. The highest BCUT2D eigenvalue weighted by Crippen LogP contribution is 2.27. The van der Waals surface area contributed by atoms with Crippen molar-refractivity contribution in [2.75, 3.05) is 33.0 Å². The van der Waals surface area contributed by atoms with E-state index < -0.39 is 35.3 Å². The largest absolute Gasteiger partial charge is 0.462 e. The first kappa shape index (κ1) is 47.7. The molecule has 0 saturated carbocycles. The van der Waals surface area contributed by atoms with Crippen molar-refractivity contribution in [3.05, 3.63) is 82.9 Å². The second-order valence-electron chi connectivity index (χ2n) is 14.7. The van der Waals surface area contributed by atoms with E-state index in [0.717, 1.165) is 51.4 Å². The summed E-state index contributed by atoms with van der Waals surface area (Å²) in [6.07, 6.45) is 18.0. The average Bonchev–Trinajstić information content (AvgIpc) is 3.21. The molecule has 0 fully saturated rings. The molecule has 2 rings (SSSR count). The Hall–Kier alpha value is -4.47. The number of hydrogen-bond donors (Lipinski definition) is 0. The van der Waals surface area contributed by atoms with Gasteiger partial charge in [0.2, 0.25) is 0 Å². The maximum absolute atomic E-state index is 13.5. The highest BCUT2D eigenvalue weighted by molar-refractivity contribution is 6.04. The van der Waals surface area contributed by atoms with Gasteiger partial charge in [-0.1, -0.05) is 142 Å². The van der Waals surface area contributed by atoms with Crippen LogP contribution in [-0.4, -0.2) is 62.9 Å². The quantitative estimate of drug-likeness (QED) is 0.0327. The summed E-state index contributed by atoms with van der Waals surface area (Å²) in [6.45, 7) is 10.9. The lowest BCUT2D eigenvalue weighted by Crippen LogP contribution is -2.39. The molecule has 0 bridgehead atoms. The van der Waals surface area contributed by atoms with Gasteiger partial charge in [0.05, 0.1) is 40.9 Å². The van der Waals surface area contributed by atoms with E-state index in [1.807, 2.05) is 0 Å². The molecule has 2 aromatic rings. The standard InChI is InChI=1S/C46H66O10/c1-6-9-11-13-15-17-19-25-31-52-42(48)37-27-21-23-29-39(37)44(50)55-34-46(8-3,33-54-41(47)36(4)5)35-56-45(51)40-30-24-22-28-38(40)43(49)53-32-26-20-18-16-14-12-10-7-2/h21-24,27-30H,4,6-20,25-26,31-35H2,1-3,5H3. The van der Waals surface area contributed by atoms with E-state index in [4.69, 9.17) is 23.7 Å². The minimum atomic E-state index is -1.17. The first-order valence-corrected chi connectivity index (χ1v) is 20.8. The molecule has 0 radical (unpaired) electrons. The lowest BCUT2D eigenvalue weighted by molar-refractivity contribution is -0.145. The van der Waals surface area contributed by atoms with Gasteiger partial charge in [0.1, 0.15) is 19.8 Å². The van der Waals surface area contributed by atoms with E-state index in [2.05, 4.69) is 20.4 Å². The topological polar surface area (TPSA) is 132 Å². The van der Waals surface area contributed by atoms with Gasteiger partial charge < -0.3 is 23.7 Å². The smallest absolute Gasteiger partial charge is 0.339 e. The number of carbonyl (C=O) groups excluding carboxylic acids is 5. The Labute approximate surface area is 335 Å². The molecular weight excluding hydrogens is 712 g/mol. The molecule has 10 nitrogen and oxygen atoms in total. The van der Waals surface area contributed by atoms with Crippen LogP contribution in [0.1, 0.15) is 178 Å². The van der Waals surface area contributed by atoms with Crippen LogP contribution in [0.15, 0.2) is 60.7 Å². The molecule has 310 valence electrons. The lowest BCUT2D eigenvalue weighted by Gasteiger charge is -2.31. The number of esters is 5. The zero-order valence-corrected chi connectivity index (χ0v) is 34.5. The Kier molecular flexibility index (Phi) is 23.8. The Morgan fingerprint density at radius 3 is 1.09 bits per heavy atom. The SMILES string of the molecule is C=C(C)C(=O)OCC(CC)(COC(=O)c1ccccc1C(=O)OCCCCCCCCCC)COC(=O)c1ccccc1C(=O)OCCCCCCCCCC. The normalized spacial score (nSPS) is 11.1. The second-order valence-corrected chi connectivity index (χ2v) is 14.7. The van der Waals surface area contributed by atoms with E-state index in [1.165, 1.54) is 82.6 Å². The first-order chi connectivity index (χ1) is 27.1. The van der Waals surface area contributed by atoms with Gasteiger partial charge in [-0.2, -0.15) is 0 Å². The third-order valence-corrected chi connectivity index (χ3v) is 9.82. The van der Waals surface area contributed by atoms with Gasteiger partial charge in [-0.25, -0.2) is 24.0 Å². The number of hydrogen-bond acceptors (Lipinski definition) is 10. The Morgan fingerprint density at radius 1 is 0.464 bits per heavy atom. The predicted octanol–water partition coefficient (Wildman–Crippen LogP) is 10.8. The fraction of sp³-hybridized carbons (Fsp3) is 0.587. The molecule has 0 aliphatic carbocycles. The molecule has 0 heterocycles. The Morgan fingerprint density at radius 2 is 0.768 bits per heavy atom. The van der Waals surface area contributed by atoms with Crippen LogP contribution in [0.2, 0.25) is 0 Å². The summed E-state index contributed by atoms with van der Waals surface area (Å²) in [5, 5.41) is 0. The van der Waals surface area contributed by atoms with Gasteiger partial charge >= 0.3 is 29.8 Å². The predicted molar refractivity (Wildman–Crippen MR) is 218 cm³/mol. The number of benzene rings is 2. The molecule has 0 unspecified atom stereocenters. The van der Waals surface area contributed by atoms with Crippen molar-refractivity contribution in [2.45, 2.75) is 137 Å². The highest BCUT2D eigenvalue weighted by Gasteiger charge is 2.35. The van der Waals surface area contributed by atoms with Gasteiger partial charge in [0, 0.05) is 5.57 Å². The van der Waals surface area contributed by atoms with Gasteiger partial charge in [-0.05, 0) is 50.5 Å². The summed E-state index contributed by atoms with van der Waals surface area (Å²) in [6, 6.07) is 12.5. The monoisotopic (exact) mass is 778 g/mol. The fourth-order valence-corrected chi connectivity index (χ4v) is 6.00. The Balaban J connectivity index is 2.06. The molecule has 0 aromatic heterocycles. The maximum atomic E-state index is 13.5. The number of unbranched alkanes of at least 4 members (excludes halogenated alkanes) is 14. The first-order valence-electron chi connectivity index (χ1n) is 20.8. The molecule has 2 aromatic carbocycles. The van der Waals surface area contributed by atoms with Crippen LogP contribution >= 0.6 is 0 Å². The van der Waals surface area contributed by atoms with Crippen LogP contribution in [0.4, 0.5) is 0 Å². The van der Waals surface area contributed by atoms with E-state index in [1.54, 1.807) is 31.2 Å². The van der Waals surface area contributed by atoms with Crippen molar-refractivity contribution in [1.29, 1.82) is 0 Å². The molecule has 0 aliphatic rings. The average molecular weight is 779 g/mol. The molecule has 0 N–H and O–H groups in total. The van der Waals surface area contributed by atoms with Crippen LogP contribution in [-0.2, 0) is 28.5 Å². The van der Waals surface area contributed by atoms with Gasteiger partial charge in [0.25, 0.3) is 0 Å². The highest BCUT2D eigenvalue weighted by atomic mass is 16.6. The van der Waals surface area contributed by atoms with E-state index >= 15 is 0 Å². The molecule has 56 heavy (non-hydrogen) atoms. The number of carbonyl (C=O) groups is 5. The summed E-state index contributed by atoms with van der Waals surface area (Å²) in [7, 11) is 0. The molecule has 0 saturated heterocycles. The van der Waals surface area contributed by atoms with Gasteiger partial charge in [-0.15, -0.1) is 0 Å². The molecule has 0 atom stereocenters. The van der Waals surface area contributed by atoms with Crippen molar-refractivity contribution >= 4 is 29.8 Å². The summed E-state index contributed by atoms with van der Waals surface area (Å²) in [5.74, 6) is -3.48. The van der Waals surface area contributed by atoms with Crippen molar-refractivity contribution in [3.63, 3.8) is 0 Å². The summed E-state index contributed by atoms with van der Waals surface area (Å²) < 4.78 is 28.0. The zero-order valence-electron chi connectivity index (χ0n) is 34.5. The molecular formula is C46H66O10. The minimum absolute atomic E-state index is 0.0220. The lowest BCUT2D eigenvalue weighted by atomic mass is 9.87. The van der Waals surface area contributed by atoms with Crippen LogP contribution in [0.3, 0.4) is 0 Å². The van der Waals surface area contributed by atoms with Crippen molar-refractivity contribution < 1.29 is 47.7 Å². The van der Waals surface area contributed by atoms with Gasteiger partial charge in [0.15, 0.2) is 0 Å². The summed E-state index contributed by atoms with van der Waals surface area (Å²) in [5.41, 5.74) is -0.810. The van der Waals surface area contributed by atoms with Crippen LogP contribution in [0.5, 0.6) is 0 Å². The molecule has 10 heteroatoms. The van der Waals surface area contributed by atoms with Crippen LogP contribution in [0.25, 0.3) is 0 Å². The van der Waals surface area contributed by atoms with Gasteiger partial charge in [-0.3, -0.25) is 0 Å². The Bertz CT molecular complexity index is 1420. The van der Waals surface area contributed by atoms with Crippen LogP contribution < -0.4 is 0 Å². The molecule has 0 aliphatic heterocycles. The van der Waals surface area contributed by atoms with Crippen molar-refractivity contribution in [3.8, 4) is 0 Å².